The first-order chi connectivity index (χ1) is 10.2. The zero-order valence-electron chi connectivity index (χ0n) is 12.0. The molecule has 5 heteroatoms. The monoisotopic (exact) mass is 291 g/mol. The van der Waals surface area contributed by atoms with Crippen LogP contribution >= 0.6 is 0 Å². The van der Waals surface area contributed by atoms with E-state index in [1.165, 1.54) is 0 Å². The molecular formula is C16H19F2N3. The molecule has 3 atom stereocenters. The molecule has 3 rings (SSSR count). The van der Waals surface area contributed by atoms with Crippen LogP contribution in [0, 0.1) is 11.6 Å². The van der Waals surface area contributed by atoms with E-state index >= 15 is 0 Å². The van der Waals surface area contributed by atoms with Gasteiger partial charge in [0.25, 0.3) is 0 Å². The maximum absolute atomic E-state index is 13.9. The van der Waals surface area contributed by atoms with Crippen molar-refractivity contribution < 1.29 is 8.78 Å². The molecule has 0 aliphatic heterocycles. The number of benzene rings is 1. The van der Waals surface area contributed by atoms with Crippen LogP contribution in [-0.4, -0.2) is 15.6 Å². The van der Waals surface area contributed by atoms with Gasteiger partial charge in [0.15, 0.2) is 11.6 Å². The Balaban J connectivity index is 1.75. The number of imidazole rings is 1. The van der Waals surface area contributed by atoms with E-state index in [1.807, 2.05) is 19.4 Å². The molecule has 0 amide bonds. The molecule has 1 aromatic heterocycles. The van der Waals surface area contributed by atoms with E-state index in [9.17, 15) is 8.78 Å². The molecule has 1 heterocycles. The summed E-state index contributed by atoms with van der Waals surface area (Å²) >= 11 is 0. The van der Waals surface area contributed by atoms with E-state index in [1.54, 1.807) is 18.3 Å². The minimum absolute atomic E-state index is 0.227. The zero-order chi connectivity index (χ0) is 14.8. The molecule has 1 aliphatic rings. The molecule has 2 aromatic rings. The Kier molecular flexibility index (Phi) is 4.01. The molecule has 0 radical (unpaired) electrons. The van der Waals surface area contributed by atoms with Crippen molar-refractivity contribution in [2.45, 2.75) is 44.3 Å². The van der Waals surface area contributed by atoms with Crippen LogP contribution in [-0.2, 0) is 0 Å². The van der Waals surface area contributed by atoms with Crippen molar-refractivity contribution in [1.82, 2.24) is 14.9 Å². The summed E-state index contributed by atoms with van der Waals surface area (Å²) in [5, 5.41) is 3.45. The van der Waals surface area contributed by atoms with Crippen LogP contribution < -0.4 is 5.32 Å². The highest BCUT2D eigenvalue weighted by Gasteiger charge is 2.30. The van der Waals surface area contributed by atoms with Crippen molar-refractivity contribution in [1.29, 1.82) is 0 Å². The van der Waals surface area contributed by atoms with Gasteiger partial charge in [0.05, 0.1) is 6.33 Å². The van der Waals surface area contributed by atoms with Crippen LogP contribution in [0.2, 0.25) is 0 Å². The number of hydrogen-bond donors (Lipinski definition) is 1. The highest BCUT2D eigenvalue weighted by Crippen LogP contribution is 2.32. The van der Waals surface area contributed by atoms with Gasteiger partial charge in [-0.3, -0.25) is 0 Å². The van der Waals surface area contributed by atoms with Crippen molar-refractivity contribution in [3.8, 4) is 0 Å². The minimum atomic E-state index is -0.793. The number of rotatable bonds is 4. The zero-order valence-corrected chi connectivity index (χ0v) is 12.0. The lowest BCUT2D eigenvalue weighted by Crippen LogP contribution is -2.35. The largest absolute Gasteiger partial charge is 0.333 e. The number of nitrogens with zero attached hydrogens (tertiary/aromatic N) is 2. The maximum atomic E-state index is 13.9. The fourth-order valence-electron chi connectivity index (χ4n) is 3.22. The van der Waals surface area contributed by atoms with Crippen molar-refractivity contribution in [3.63, 3.8) is 0 Å². The van der Waals surface area contributed by atoms with Gasteiger partial charge in [0, 0.05) is 36.1 Å². The summed E-state index contributed by atoms with van der Waals surface area (Å²) in [7, 11) is 0. The lowest BCUT2D eigenvalue weighted by atomic mass is 10.0. The Morgan fingerprint density at radius 2 is 2.19 bits per heavy atom. The number of aromatic nitrogens is 2. The van der Waals surface area contributed by atoms with Crippen LogP contribution in [0.4, 0.5) is 8.78 Å². The number of hydrogen-bond acceptors (Lipinski definition) is 2. The molecule has 1 N–H and O–H groups in total. The second-order valence-electron chi connectivity index (χ2n) is 5.65. The summed E-state index contributed by atoms with van der Waals surface area (Å²) in [6.07, 6.45) is 8.77. The Morgan fingerprint density at radius 3 is 2.95 bits per heavy atom. The molecule has 1 saturated carbocycles. The fraction of sp³-hybridized carbons (Fsp3) is 0.438. The first-order valence-electron chi connectivity index (χ1n) is 7.34. The molecule has 0 saturated heterocycles. The van der Waals surface area contributed by atoms with E-state index < -0.39 is 11.6 Å². The summed E-state index contributed by atoms with van der Waals surface area (Å²) in [6.45, 7) is 1.88. The van der Waals surface area contributed by atoms with E-state index in [0.717, 1.165) is 25.3 Å². The predicted molar refractivity (Wildman–Crippen MR) is 76.8 cm³/mol. The molecule has 1 aliphatic carbocycles. The molecular weight excluding hydrogens is 272 g/mol. The van der Waals surface area contributed by atoms with E-state index in [2.05, 4.69) is 14.9 Å². The van der Waals surface area contributed by atoms with Gasteiger partial charge in [0.2, 0.25) is 0 Å². The van der Waals surface area contributed by atoms with Gasteiger partial charge in [-0.2, -0.15) is 0 Å². The molecule has 3 unspecified atom stereocenters. The highest BCUT2D eigenvalue weighted by atomic mass is 19.2. The molecule has 1 fully saturated rings. The Bertz CT molecular complexity index is 598. The van der Waals surface area contributed by atoms with E-state index in [-0.39, 0.29) is 12.1 Å². The van der Waals surface area contributed by atoms with Gasteiger partial charge in [-0.05, 0) is 32.3 Å². The van der Waals surface area contributed by atoms with Crippen molar-refractivity contribution >= 4 is 0 Å². The average Bonchev–Trinajstić information content (AvgIpc) is 3.12. The second-order valence-corrected chi connectivity index (χ2v) is 5.65. The predicted octanol–water partition coefficient (Wildman–Crippen LogP) is 3.61. The second kappa shape index (κ2) is 5.93. The molecule has 3 nitrogen and oxygen atoms in total. The standard InChI is InChI=1S/C16H19F2N3/c1-11(12-4-2-5-13(17)16(12)18)20-14-6-3-7-15(14)21-9-8-19-10-21/h2,4-5,8-11,14-15,20H,3,6-7H2,1H3. The SMILES string of the molecule is CC(NC1CCCC1n1ccnc1)c1cccc(F)c1F. The van der Waals surface area contributed by atoms with Gasteiger partial charge >= 0.3 is 0 Å². The van der Waals surface area contributed by atoms with Crippen LogP contribution in [0.3, 0.4) is 0 Å². The first kappa shape index (κ1) is 14.2. The summed E-state index contributed by atoms with van der Waals surface area (Å²) < 4.78 is 29.3. The fourth-order valence-corrected chi connectivity index (χ4v) is 3.22. The Labute approximate surface area is 123 Å². The Hall–Kier alpha value is -1.75. The summed E-state index contributed by atoms with van der Waals surface area (Å²) in [5.74, 6) is -1.55. The number of nitrogens with one attached hydrogen (secondary N) is 1. The molecule has 1 aromatic carbocycles. The lowest BCUT2D eigenvalue weighted by molar-refractivity contribution is 0.355. The molecule has 21 heavy (non-hydrogen) atoms. The van der Waals surface area contributed by atoms with Crippen LogP contribution in [0.15, 0.2) is 36.9 Å². The van der Waals surface area contributed by atoms with E-state index in [4.69, 9.17) is 0 Å². The Morgan fingerprint density at radius 1 is 1.33 bits per heavy atom. The average molecular weight is 291 g/mol. The van der Waals surface area contributed by atoms with Crippen LogP contribution in [0.5, 0.6) is 0 Å². The van der Waals surface area contributed by atoms with Crippen LogP contribution in [0.1, 0.15) is 43.8 Å². The normalized spacial score (nSPS) is 23.4. The van der Waals surface area contributed by atoms with Gasteiger partial charge in [0.1, 0.15) is 0 Å². The molecule has 0 bridgehead atoms. The maximum Gasteiger partial charge on any atom is 0.163 e. The molecule has 0 spiro atoms. The van der Waals surface area contributed by atoms with Gasteiger partial charge in [-0.25, -0.2) is 13.8 Å². The van der Waals surface area contributed by atoms with Gasteiger partial charge in [-0.1, -0.05) is 12.1 Å². The molecule has 112 valence electrons. The summed E-state index contributed by atoms with van der Waals surface area (Å²) in [4.78, 5) is 4.09. The van der Waals surface area contributed by atoms with Crippen molar-refractivity contribution in [2.24, 2.45) is 0 Å². The first-order valence-corrected chi connectivity index (χ1v) is 7.34. The smallest absolute Gasteiger partial charge is 0.163 e. The van der Waals surface area contributed by atoms with Gasteiger partial charge in [-0.15, -0.1) is 0 Å². The van der Waals surface area contributed by atoms with E-state index in [0.29, 0.717) is 11.6 Å². The third-order valence-electron chi connectivity index (χ3n) is 4.30. The van der Waals surface area contributed by atoms with Crippen molar-refractivity contribution in [2.75, 3.05) is 0 Å². The topological polar surface area (TPSA) is 29.9 Å². The minimum Gasteiger partial charge on any atom is -0.333 e. The third-order valence-corrected chi connectivity index (χ3v) is 4.30. The van der Waals surface area contributed by atoms with Crippen LogP contribution in [0.25, 0.3) is 0 Å². The summed E-state index contributed by atoms with van der Waals surface area (Å²) in [6, 6.07) is 4.68. The lowest BCUT2D eigenvalue weighted by Gasteiger charge is -2.26. The summed E-state index contributed by atoms with van der Waals surface area (Å²) in [5.41, 5.74) is 0.381. The third kappa shape index (κ3) is 2.83. The number of halogens is 2. The quantitative estimate of drug-likeness (QED) is 0.932. The highest BCUT2D eigenvalue weighted by molar-refractivity contribution is 5.22. The van der Waals surface area contributed by atoms with Crippen molar-refractivity contribution in [3.05, 3.63) is 54.1 Å². The van der Waals surface area contributed by atoms with Gasteiger partial charge < -0.3 is 9.88 Å².